The van der Waals surface area contributed by atoms with Crippen LogP contribution in [-0.4, -0.2) is 18.9 Å². The number of anilines is 1. The van der Waals surface area contributed by atoms with Crippen LogP contribution in [0.2, 0.25) is 0 Å². The Labute approximate surface area is 148 Å². The minimum absolute atomic E-state index is 0.302. The molecule has 5 heteroatoms. The number of hydrogen-bond acceptors (Lipinski definition) is 4. The van der Waals surface area contributed by atoms with Gasteiger partial charge in [-0.1, -0.05) is 17.7 Å². The number of aryl methyl sites for hydroxylation is 2. The molecule has 0 aliphatic rings. The Balaban J connectivity index is 2.19. The van der Waals surface area contributed by atoms with E-state index in [0.717, 1.165) is 28.3 Å². The lowest BCUT2D eigenvalue weighted by Gasteiger charge is -2.15. The van der Waals surface area contributed by atoms with Gasteiger partial charge in [-0.25, -0.2) is 0 Å². The zero-order valence-electron chi connectivity index (χ0n) is 14.5. The minimum atomic E-state index is 0.302. The summed E-state index contributed by atoms with van der Waals surface area (Å²) in [5.74, 6) is 1.64. The van der Waals surface area contributed by atoms with Crippen molar-refractivity contribution >= 4 is 23.1 Å². The lowest BCUT2D eigenvalue weighted by molar-refractivity contribution is 0.304. The predicted octanol–water partition coefficient (Wildman–Crippen LogP) is 4.62. The van der Waals surface area contributed by atoms with E-state index >= 15 is 0 Å². The first-order chi connectivity index (χ1) is 11.5. The first-order valence-electron chi connectivity index (χ1n) is 7.84. The lowest BCUT2D eigenvalue weighted by atomic mass is 10.1. The van der Waals surface area contributed by atoms with Gasteiger partial charge in [0.25, 0.3) is 5.17 Å². The fraction of sp³-hybridized carbons (Fsp3) is 0.316. The maximum Gasteiger partial charge on any atom is 0.260 e. The number of methoxy groups -OCH3 is 1. The fourth-order valence-electron chi connectivity index (χ4n) is 2.33. The quantitative estimate of drug-likeness (QED) is 0.773. The van der Waals surface area contributed by atoms with Crippen molar-refractivity contribution in [1.82, 2.24) is 0 Å². The summed E-state index contributed by atoms with van der Waals surface area (Å²) in [7, 11) is 1.54. The highest BCUT2D eigenvalue weighted by Gasteiger charge is 2.09. The third-order valence-electron chi connectivity index (χ3n) is 3.53. The Morgan fingerprint density at radius 1 is 1.08 bits per heavy atom. The van der Waals surface area contributed by atoms with Gasteiger partial charge in [0.15, 0.2) is 0 Å². The summed E-state index contributed by atoms with van der Waals surface area (Å²) >= 11 is 5.10. The van der Waals surface area contributed by atoms with Crippen molar-refractivity contribution in [3.05, 3.63) is 53.1 Å². The van der Waals surface area contributed by atoms with Crippen LogP contribution in [0.3, 0.4) is 0 Å². The Hall–Kier alpha value is -2.27. The number of hydrogen-bond donors (Lipinski definition) is 1. The fourth-order valence-corrected chi connectivity index (χ4v) is 2.44. The van der Waals surface area contributed by atoms with Crippen molar-refractivity contribution in [1.29, 1.82) is 0 Å². The van der Waals surface area contributed by atoms with Crippen LogP contribution in [0.25, 0.3) is 0 Å². The van der Waals surface area contributed by atoms with Gasteiger partial charge in [-0.3, -0.25) is 0 Å². The minimum Gasteiger partial charge on any atom is -0.494 e. The predicted molar refractivity (Wildman–Crippen MR) is 101 cm³/mol. The SMILES string of the molecule is CCOc1ccc(COc2ccc(C)cc2C)c(NC(=S)OC)c1. The van der Waals surface area contributed by atoms with E-state index in [9.17, 15) is 0 Å². The van der Waals surface area contributed by atoms with Crippen LogP contribution < -0.4 is 14.8 Å². The molecule has 0 bridgehead atoms. The molecule has 24 heavy (non-hydrogen) atoms. The molecule has 0 aromatic heterocycles. The first-order valence-corrected chi connectivity index (χ1v) is 8.25. The first kappa shape index (κ1) is 18.1. The molecule has 0 unspecified atom stereocenters. The molecule has 0 fully saturated rings. The Bertz CT molecular complexity index is 716. The van der Waals surface area contributed by atoms with Crippen molar-refractivity contribution in [2.24, 2.45) is 0 Å². The molecule has 0 saturated heterocycles. The van der Waals surface area contributed by atoms with E-state index in [1.165, 1.54) is 12.7 Å². The zero-order chi connectivity index (χ0) is 17.5. The van der Waals surface area contributed by atoms with Crippen molar-refractivity contribution in [3.8, 4) is 11.5 Å². The van der Waals surface area contributed by atoms with E-state index in [1.807, 2.05) is 44.2 Å². The summed E-state index contributed by atoms with van der Waals surface area (Å²) in [4.78, 5) is 0. The van der Waals surface area contributed by atoms with Gasteiger partial charge in [-0.05, 0) is 56.8 Å². The van der Waals surface area contributed by atoms with Crippen LogP contribution in [0.15, 0.2) is 36.4 Å². The second-order valence-electron chi connectivity index (χ2n) is 5.43. The van der Waals surface area contributed by atoms with Crippen LogP contribution in [0.1, 0.15) is 23.6 Å². The molecule has 0 atom stereocenters. The topological polar surface area (TPSA) is 39.7 Å². The van der Waals surface area contributed by atoms with E-state index < -0.39 is 0 Å². The Morgan fingerprint density at radius 3 is 2.54 bits per heavy atom. The third kappa shape index (κ3) is 4.86. The second-order valence-corrected chi connectivity index (χ2v) is 5.80. The molecular formula is C19H23NO3S. The van der Waals surface area contributed by atoms with Gasteiger partial charge in [0.2, 0.25) is 0 Å². The van der Waals surface area contributed by atoms with Crippen molar-refractivity contribution in [2.75, 3.05) is 19.0 Å². The maximum absolute atomic E-state index is 5.97. The highest BCUT2D eigenvalue weighted by atomic mass is 32.1. The number of nitrogens with one attached hydrogen (secondary N) is 1. The summed E-state index contributed by atoms with van der Waals surface area (Å²) in [5.41, 5.74) is 4.12. The van der Waals surface area contributed by atoms with E-state index in [4.69, 9.17) is 26.4 Å². The summed E-state index contributed by atoms with van der Waals surface area (Å²) in [5, 5.41) is 3.37. The normalized spacial score (nSPS) is 10.2. The standard InChI is InChI=1S/C19H23NO3S/c1-5-22-16-8-7-15(17(11-16)20-19(24)21-4)12-23-18-9-6-13(2)10-14(18)3/h6-11H,5,12H2,1-4H3,(H,20,24). The van der Waals surface area contributed by atoms with Crippen LogP contribution in [0.5, 0.6) is 11.5 Å². The smallest absolute Gasteiger partial charge is 0.260 e. The van der Waals surface area contributed by atoms with Crippen LogP contribution >= 0.6 is 12.2 Å². The van der Waals surface area contributed by atoms with E-state index in [1.54, 1.807) is 0 Å². The van der Waals surface area contributed by atoms with E-state index in [0.29, 0.717) is 18.4 Å². The van der Waals surface area contributed by atoms with E-state index in [2.05, 4.69) is 18.3 Å². The molecule has 0 spiro atoms. The highest BCUT2D eigenvalue weighted by molar-refractivity contribution is 7.80. The average molecular weight is 345 g/mol. The van der Waals surface area contributed by atoms with Crippen molar-refractivity contribution in [3.63, 3.8) is 0 Å². The molecule has 0 aliphatic heterocycles. The Kier molecular flexibility index (Phi) is 6.44. The van der Waals surface area contributed by atoms with Gasteiger partial charge in [0, 0.05) is 11.6 Å². The number of thiocarbonyl (C=S) groups is 1. The molecule has 4 nitrogen and oxygen atoms in total. The molecule has 1 N–H and O–H groups in total. The van der Waals surface area contributed by atoms with Gasteiger partial charge < -0.3 is 19.5 Å². The zero-order valence-corrected chi connectivity index (χ0v) is 15.3. The van der Waals surface area contributed by atoms with Crippen LogP contribution in [0, 0.1) is 13.8 Å². The number of ether oxygens (including phenoxy) is 3. The van der Waals surface area contributed by atoms with Gasteiger partial charge in [-0.15, -0.1) is 0 Å². The van der Waals surface area contributed by atoms with Gasteiger partial charge in [0.05, 0.1) is 19.4 Å². The molecule has 0 aliphatic carbocycles. The van der Waals surface area contributed by atoms with E-state index in [-0.39, 0.29) is 0 Å². The largest absolute Gasteiger partial charge is 0.494 e. The summed E-state index contributed by atoms with van der Waals surface area (Å²) in [6, 6.07) is 11.9. The molecule has 128 valence electrons. The summed E-state index contributed by atoms with van der Waals surface area (Å²) < 4.78 is 16.6. The monoisotopic (exact) mass is 345 g/mol. The molecular weight excluding hydrogens is 322 g/mol. The van der Waals surface area contributed by atoms with Crippen LogP contribution in [-0.2, 0) is 11.3 Å². The molecule has 2 rings (SSSR count). The molecule has 0 radical (unpaired) electrons. The highest BCUT2D eigenvalue weighted by Crippen LogP contribution is 2.26. The average Bonchev–Trinajstić information content (AvgIpc) is 2.55. The molecule has 0 heterocycles. The van der Waals surface area contributed by atoms with Crippen molar-refractivity contribution in [2.45, 2.75) is 27.4 Å². The summed E-state index contributed by atoms with van der Waals surface area (Å²) in [6.45, 7) is 7.08. The third-order valence-corrected chi connectivity index (χ3v) is 3.80. The van der Waals surface area contributed by atoms with Crippen LogP contribution in [0.4, 0.5) is 5.69 Å². The molecule has 0 amide bonds. The summed E-state index contributed by atoms with van der Waals surface area (Å²) in [6.07, 6.45) is 0. The molecule has 2 aromatic rings. The number of rotatable bonds is 6. The maximum atomic E-state index is 5.97. The lowest BCUT2D eigenvalue weighted by Crippen LogP contribution is -2.13. The van der Waals surface area contributed by atoms with Crippen molar-refractivity contribution < 1.29 is 14.2 Å². The molecule has 2 aromatic carbocycles. The van der Waals surface area contributed by atoms with Gasteiger partial charge in [-0.2, -0.15) is 0 Å². The molecule has 0 saturated carbocycles. The van der Waals surface area contributed by atoms with Gasteiger partial charge in [0.1, 0.15) is 18.1 Å². The Morgan fingerprint density at radius 2 is 1.88 bits per heavy atom. The second kappa shape index (κ2) is 8.55. The van der Waals surface area contributed by atoms with Gasteiger partial charge >= 0.3 is 0 Å². The number of benzene rings is 2.